The molecule has 3 rings (SSSR count). The van der Waals surface area contributed by atoms with E-state index in [1.165, 1.54) is 24.0 Å². The smallest absolute Gasteiger partial charge is 0.0638 e. The Morgan fingerprint density at radius 2 is 1.90 bits per heavy atom. The van der Waals surface area contributed by atoms with E-state index in [2.05, 4.69) is 52.4 Å². The van der Waals surface area contributed by atoms with Crippen LogP contribution in [-0.4, -0.2) is 6.04 Å². The van der Waals surface area contributed by atoms with Crippen molar-refractivity contribution < 1.29 is 0 Å². The maximum absolute atomic E-state index is 6.22. The lowest BCUT2D eigenvalue weighted by Crippen LogP contribution is -2.34. The summed E-state index contributed by atoms with van der Waals surface area (Å²) in [6.45, 7) is 2.20. The fraction of sp³-hybridized carbons (Fsp3) is 0.294. The molecule has 2 aromatic rings. The molecule has 3 heteroatoms. The van der Waals surface area contributed by atoms with Gasteiger partial charge in [0.25, 0.3) is 0 Å². The van der Waals surface area contributed by atoms with Crippen molar-refractivity contribution in [1.82, 2.24) is 0 Å². The zero-order chi connectivity index (χ0) is 14.1. The quantitative estimate of drug-likeness (QED) is 0.741. The van der Waals surface area contributed by atoms with Crippen molar-refractivity contribution in [2.24, 2.45) is 0 Å². The summed E-state index contributed by atoms with van der Waals surface area (Å²) in [5, 5.41) is 4.33. The van der Waals surface area contributed by atoms with Crippen molar-refractivity contribution in [2.75, 3.05) is 5.32 Å². The van der Waals surface area contributed by atoms with E-state index in [-0.39, 0.29) is 0 Å². The molecule has 1 fully saturated rings. The van der Waals surface area contributed by atoms with Crippen LogP contribution < -0.4 is 5.32 Å². The molecule has 0 radical (unpaired) electrons. The first-order valence-electron chi connectivity index (χ1n) is 6.90. The van der Waals surface area contributed by atoms with E-state index in [9.17, 15) is 0 Å². The average Bonchev–Trinajstić information content (AvgIpc) is 2.38. The summed E-state index contributed by atoms with van der Waals surface area (Å²) in [6, 6.07) is 15.1. The SMILES string of the molecule is Cc1ccccc1C1CC(Nc2cc(Br)ccc2Cl)C1. The molecule has 0 spiro atoms. The van der Waals surface area contributed by atoms with Gasteiger partial charge in [0.2, 0.25) is 0 Å². The fourth-order valence-electron chi connectivity index (χ4n) is 2.86. The lowest BCUT2D eigenvalue weighted by atomic mass is 9.74. The molecule has 0 aromatic heterocycles. The second kappa shape index (κ2) is 5.79. The van der Waals surface area contributed by atoms with Gasteiger partial charge in [0.15, 0.2) is 0 Å². The topological polar surface area (TPSA) is 12.0 Å². The molecule has 104 valence electrons. The summed E-state index contributed by atoms with van der Waals surface area (Å²) in [5.74, 6) is 0.680. The zero-order valence-corrected chi connectivity index (χ0v) is 13.7. The number of hydrogen-bond acceptors (Lipinski definition) is 1. The first-order valence-corrected chi connectivity index (χ1v) is 8.07. The summed E-state index contributed by atoms with van der Waals surface area (Å²) in [4.78, 5) is 0. The Morgan fingerprint density at radius 1 is 1.15 bits per heavy atom. The Morgan fingerprint density at radius 3 is 2.65 bits per heavy atom. The molecule has 0 atom stereocenters. The van der Waals surface area contributed by atoms with Gasteiger partial charge < -0.3 is 5.32 Å². The Bertz CT molecular complexity index is 620. The number of hydrogen-bond donors (Lipinski definition) is 1. The van der Waals surface area contributed by atoms with Crippen LogP contribution in [0.1, 0.15) is 29.9 Å². The fourth-order valence-corrected chi connectivity index (χ4v) is 3.40. The van der Waals surface area contributed by atoms with Crippen LogP contribution in [0.4, 0.5) is 5.69 Å². The molecule has 1 N–H and O–H groups in total. The van der Waals surface area contributed by atoms with E-state index in [1.54, 1.807) is 0 Å². The minimum atomic E-state index is 0.520. The van der Waals surface area contributed by atoms with Crippen molar-refractivity contribution >= 4 is 33.2 Å². The Hall–Kier alpha value is -0.990. The first-order chi connectivity index (χ1) is 9.63. The maximum Gasteiger partial charge on any atom is 0.0638 e. The highest BCUT2D eigenvalue weighted by molar-refractivity contribution is 9.10. The van der Waals surface area contributed by atoms with Gasteiger partial charge in [0, 0.05) is 10.5 Å². The number of halogens is 2. The zero-order valence-electron chi connectivity index (χ0n) is 11.4. The van der Waals surface area contributed by atoms with Crippen molar-refractivity contribution in [3.8, 4) is 0 Å². The summed E-state index contributed by atoms with van der Waals surface area (Å²) >= 11 is 9.70. The third kappa shape index (κ3) is 2.87. The predicted molar refractivity (Wildman–Crippen MR) is 89.7 cm³/mol. The van der Waals surface area contributed by atoms with Crippen LogP contribution >= 0.6 is 27.5 Å². The lowest BCUT2D eigenvalue weighted by molar-refractivity contribution is 0.373. The molecular formula is C17H17BrClN. The molecule has 2 aromatic carbocycles. The van der Waals surface area contributed by atoms with Gasteiger partial charge in [-0.25, -0.2) is 0 Å². The van der Waals surface area contributed by atoms with Gasteiger partial charge in [0.05, 0.1) is 10.7 Å². The molecule has 0 heterocycles. The molecular weight excluding hydrogens is 334 g/mol. The second-order valence-electron chi connectivity index (χ2n) is 5.49. The number of benzene rings is 2. The summed E-state index contributed by atoms with van der Waals surface area (Å²) < 4.78 is 1.05. The van der Waals surface area contributed by atoms with Crippen molar-refractivity contribution in [2.45, 2.75) is 31.7 Å². The van der Waals surface area contributed by atoms with E-state index >= 15 is 0 Å². The molecule has 0 aliphatic heterocycles. The Labute approximate surface area is 133 Å². The van der Waals surface area contributed by atoms with E-state index in [0.717, 1.165) is 15.2 Å². The molecule has 0 amide bonds. The highest BCUT2D eigenvalue weighted by atomic mass is 79.9. The standard InChI is InChI=1S/C17H17BrClN/c1-11-4-2-3-5-15(11)12-8-14(9-12)20-17-10-13(18)6-7-16(17)19/h2-7,10,12,14,20H,8-9H2,1H3. The monoisotopic (exact) mass is 349 g/mol. The van der Waals surface area contributed by atoms with Crippen molar-refractivity contribution in [3.05, 3.63) is 63.1 Å². The molecule has 0 unspecified atom stereocenters. The molecule has 1 nitrogen and oxygen atoms in total. The molecule has 1 aliphatic carbocycles. The van der Waals surface area contributed by atoms with E-state index in [0.29, 0.717) is 12.0 Å². The summed E-state index contributed by atoms with van der Waals surface area (Å²) in [5.41, 5.74) is 3.91. The van der Waals surface area contributed by atoms with Crippen LogP contribution in [0.15, 0.2) is 46.9 Å². The van der Waals surface area contributed by atoms with Gasteiger partial charge in [-0.3, -0.25) is 0 Å². The predicted octanol–water partition coefficient (Wildman–Crippen LogP) is 5.77. The van der Waals surface area contributed by atoms with Crippen LogP contribution in [0.2, 0.25) is 5.02 Å². The van der Waals surface area contributed by atoms with Crippen molar-refractivity contribution in [3.63, 3.8) is 0 Å². The molecule has 1 aliphatic rings. The average molecular weight is 351 g/mol. The number of anilines is 1. The minimum Gasteiger partial charge on any atom is -0.381 e. The molecule has 0 saturated heterocycles. The number of rotatable bonds is 3. The Balaban J connectivity index is 1.64. The largest absolute Gasteiger partial charge is 0.381 e. The molecule has 20 heavy (non-hydrogen) atoms. The highest BCUT2D eigenvalue weighted by Gasteiger charge is 2.31. The van der Waals surface area contributed by atoms with Crippen LogP contribution in [0.5, 0.6) is 0 Å². The molecule has 1 saturated carbocycles. The van der Waals surface area contributed by atoms with Gasteiger partial charge in [-0.1, -0.05) is 51.8 Å². The third-order valence-electron chi connectivity index (χ3n) is 4.05. The van der Waals surface area contributed by atoms with Gasteiger partial charge in [0.1, 0.15) is 0 Å². The normalized spacial score (nSPS) is 21.4. The number of aryl methyl sites for hydroxylation is 1. The van der Waals surface area contributed by atoms with Gasteiger partial charge >= 0.3 is 0 Å². The minimum absolute atomic E-state index is 0.520. The number of nitrogens with one attached hydrogen (secondary N) is 1. The highest BCUT2D eigenvalue weighted by Crippen LogP contribution is 2.40. The van der Waals surface area contributed by atoms with Gasteiger partial charge in [-0.15, -0.1) is 0 Å². The lowest BCUT2D eigenvalue weighted by Gasteiger charge is -2.37. The molecule has 0 bridgehead atoms. The van der Waals surface area contributed by atoms with Crippen LogP contribution in [-0.2, 0) is 0 Å². The van der Waals surface area contributed by atoms with Crippen LogP contribution in [0.25, 0.3) is 0 Å². The first kappa shape index (κ1) is 14.0. The third-order valence-corrected chi connectivity index (χ3v) is 4.88. The van der Waals surface area contributed by atoms with E-state index in [1.807, 2.05) is 18.2 Å². The summed E-state index contributed by atoms with van der Waals surface area (Å²) in [6.07, 6.45) is 2.35. The second-order valence-corrected chi connectivity index (χ2v) is 6.81. The van der Waals surface area contributed by atoms with E-state index < -0.39 is 0 Å². The van der Waals surface area contributed by atoms with Crippen LogP contribution in [0, 0.1) is 6.92 Å². The Kier molecular flexibility index (Phi) is 4.04. The van der Waals surface area contributed by atoms with Gasteiger partial charge in [-0.05, 0) is 55.0 Å². The van der Waals surface area contributed by atoms with Crippen molar-refractivity contribution in [1.29, 1.82) is 0 Å². The maximum atomic E-state index is 6.22. The summed E-state index contributed by atoms with van der Waals surface area (Å²) in [7, 11) is 0. The van der Waals surface area contributed by atoms with Gasteiger partial charge in [-0.2, -0.15) is 0 Å². The van der Waals surface area contributed by atoms with Crippen LogP contribution in [0.3, 0.4) is 0 Å². The van der Waals surface area contributed by atoms with E-state index in [4.69, 9.17) is 11.6 Å².